The van der Waals surface area contributed by atoms with Gasteiger partial charge in [0.05, 0.1) is 5.69 Å². The van der Waals surface area contributed by atoms with Gasteiger partial charge in [-0.05, 0) is 84.8 Å². The van der Waals surface area contributed by atoms with Gasteiger partial charge in [0, 0.05) is 43.7 Å². The highest BCUT2D eigenvalue weighted by molar-refractivity contribution is 6.06. The molecule has 4 aromatic rings. The Kier molecular flexibility index (Phi) is 13.3. The minimum Gasteiger partial charge on any atom is -0.444 e. The topological polar surface area (TPSA) is 193 Å². The predicted molar refractivity (Wildman–Crippen MR) is 210 cm³/mol. The second-order valence-corrected chi connectivity index (χ2v) is 13.7. The number of nitrogens with zero attached hydrogens (tertiary/aromatic N) is 1. The lowest BCUT2D eigenvalue weighted by Gasteiger charge is -2.35. The second-order valence-electron chi connectivity index (χ2n) is 13.7. The Morgan fingerprint density at radius 3 is 2.21 bits per heavy atom. The summed E-state index contributed by atoms with van der Waals surface area (Å²) in [4.78, 5) is 80.5. The van der Waals surface area contributed by atoms with Crippen LogP contribution in [0.4, 0.5) is 31.0 Å². The van der Waals surface area contributed by atoms with E-state index in [0.29, 0.717) is 48.6 Å². The molecule has 2 aliphatic heterocycles. The number of amides is 6. The number of rotatable bonds is 12. The van der Waals surface area contributed by atoms with Gasteiger partial charge in [0.15, 0.2) is 6.10 Å². The van der Waals surface area contributed by atoms with Crippen LogP contribution in [0.1, 0.15) is 52.9 Å². The van der Waals surface area contributed by atoms with Crippen LogP contribution in [0.5, 0.6) is 0 Å². The fourth-order valence-electron chi connectivity index (χ4n) is 6.71. The summed E-state index contributed by atoms with van der Waals surface area (Å²) in [6, 6.07) is 23.6. The van der Waals surface area contributed by atoms with Crippen LogP contribution in [-0.2, 0) is 41.7 Å². The van der Waals surface area contributed by atoms with Crippen LogP contribution in [-0.4, -0.2) is 73.1 Å². The number of carbonyl (C=O) groups excluding carboxylic acids is 6. The molecule has 0 spiro atoms. The van der Waals surface area contributed by atoms with Gasteiger partial charge in [-0.1, -0.05) is 54.6 Å². The zero-order valence-electron chi connectivity index (χ0n) is 31.8. The van der Waals surface area contributed by atoms with Gasteiger partial charge in [-0.15, -0.1) is 0 Å². The molecule has 0 bridgehead atoms. The standard InChI is InChI=1S/C42H43FN6O9/c1-25(58-41(54)44-2)37(50)48-35(27-18-20-56-21-19-27)40(53)49-23-29-10-6-7-11-32(29)36(49)39(52)47-34-22-28(12-17-33(34)43)38(51)45-30-13-15-31(16-14-30)46-42(55)57-24-26-8-4-3-5-9-26/h3-17,22,25,27,35-36H,18-21,23-24H2,1-2H3,(H,44,54)(H,45,51)(H,46,55)(H,47,52)(H,48,50)/t25-,35-,36-/m0/s1. The molecule has 5 N–H and O–H groups in total. The molecule has 15 nitrogen and oxygen atoms in total. The first-order chi connectivity index (χ1) is 28.0. The largest absolute Gasteiger partial charge is 0.444 e. The Hall–Kier alpha value is -6.81. The van der Waals surface area contributed by atoms with Crippen LogP contribution >= 0.6 is 0 Å². The first-order valence-electron chi connectivity index (χ1n) is 18.6. The molecule has 0 aliphatic carbocycles. The first-order valence-corrected chi connectivity index (χ1v) is 18.6. The van der Waals surface area contributed by atoms with Crippen molar-refractivity contribution in [2.45, 2.75) is 51.1 Å². The van der Waals surface area contributed by atoms with Gasteiger partial charge in [-0.3, -0.25) is 24.5 Å². The monoisotopic (exact) mass is 794 g/mol. The van der Waals surface area contributed by atoms with Gasteiger partial charge in [0.25, 0.3) is 17.7 Å². The fraction of sp³-hybridized carbons (Fsp3) is 0.286. The van der Waals surface area contributed by atoms with Gasteiger partial charge >= 0.3 is 12.2 Å². The summed E-state index contributed by atoms with van der Waals surface area (Å²) < 4.78 is 31.1. The summed E-state index contributed by atoms with van der Waals surface area (Å²) in [5.74, 6) is -3.77. The number of hydrogen-bond donors (Lipinski definition) is 5. The Morgan fingerprint density at radius 2 is 1.50 bits per heavy atom. The third-order valence-electron chi connectivity index (χ3n) is 9.78. The molecular formula is C42H43FN6O9. The number of benzene rings is 4. The van der Waals surface area contributed by atoms with Crippen molar-refractivity contribution in [2.24, 2.45) is 5.92 Å². The van der Waals surface area contributed by atoms with E-state index in [1.54, 1.807) is 48.5 Å². The van der Waals surface area contributed by atoms with E-state index in [4.69, 9.17) is 14.2 Å². The summed E-state index contributed by atoms with van der Waals surface area (Å²) in [6.07, 6.45) is -1.80. The molecule has 2 heterocycles. The molecule has 16 heteroatoms. The number of hydrogen-bond acceptors (Lipinski definition) is 9. The van der Waals surface area contributed by atoms with Crippen molar-refractivity contribution in [3.8, 4) is 0 Å². The summed E-state index contributed by atoms with van der Waals surface area (Å²) in [5, 5.41) is 12.9. The van der Waals surface area contributed by atoms with Crippen LogP contribution < -0.4 is 26.6 Å². The van der Waals surface area contributed by atoms with Crippen molar-refractivity contribution in [1.29, 1.82) is 0 Å². The third kappa shape index (κ3) is 10.1. The fourth-order valence-corrected chi connectivity index (χ4v) is 6.71. The molecule has 0 aromatic heterocycles. The smallest absolute Gasteiger partial charge is 0.411 e. The van der Waals surface area contributed by atoms with E-state index in [9.17, 15) is 28.8 Å². The van der Waals surface area contributed by atoms with Gasteiger partial charge in [-0.2, -0.15) is 0 Å². The number of halogens is 1. The Balaban J connectivity index is 1.14. The summed E-state index contributed by atoms with van der Waals surface area (Å²) in [7, 11) is 1.35. The predicted octanol–water partition coefficient (Wildman–Crippen LogP) is 5.50. The molecule has 2 aliphatic rings. The van der Waals surface area contributed by atoms with Crippen LogP contribution in [0.25, 0.3) is 0 Å². The Labute approximate surface area is 333 Å². The maximum absolute atomic E-state index is 15.3. The van der Waals surface area contributed by atoms with E-state index in [-0.39, 0.29) is 30.3 Å². The lowest BCUT2D eigenvalue weighted by molar-refractivity contribution is -0.145. The highest BCUT2D eigenvalue weighted by atomic mass is 19.1. The third-order valence-corrected chi connectivity index (χ3v) is 9.78. The quantitative estimate of drug-likeness (QED) is 0.123. The van der Waals surface area contributed by atoms with E-state index in [1.807, 2.05) is 30.3 Å². The van der Waals surface area contributed by atoms with E-state index in [2.05, 4.69) is 26.6 Å². The number of alkyl carbamates (subject to hydrolysis) is 1. The van der Waals surface area contributed by atoms with Crippen molar-refractivity contribution in [2.75, 3.05) is 36.2 Å². The minimum absolute atomic E-state index is 0.0264. The van der Waals surface area contributed by atoms with Crippen LogP contribution in [0.3, 0.4) is 0 Å². The van der Waals surface area contributed by atoms with Crippen LogP contribution in [0.15, 0.2) is 97.1 Å². The molecule has 0 saturated carbocycles. The molecule has 0 radical (unpaired) electrons. The molecule has 0 unspecified atom stereocenters. The first kappa shape index (κ1) is 40.8. The van der Waals surface area contributed by atoms with Crippen LogP contribution in [0.2, 0.25) is 0 Å². The number of carbonyl (C=O) groups is 6. The maximum Gasteiger partial charge on any atom is 0.411 e. The van der Waals surface area contributed by atoms with Crippen molar-refractivity contribution in [3.05, 3.63) is 125 Å². The lowest BCUT2D eigenvalue weighted by Crippen LogP contribution is -2.55. The highest BCUT2D eigenvalue weighted by Crippen LogP contribution is 2.37. The van der Waals surface area contributed by atoms with E-state index in [1.165, 1.54) is 31.0 Å². The molecule has 3 atom stereocenters. The van der Waals surface area contributed by atoms with Crippen molar-refractivity contribution < 1.29 is 47.4 Å². The average molecular weight is 795 g/mol. The summed E-state index contributed by atoms with van der Waals surface area (Å²) >= 11 is 0. The maximum atomic E-state index is 15.3. The molecule has 58 heavy (non-hydrogen) atoms. The van der Waals surface area contributed by atoms with Gasteiger partial charge in [0.1, 0.15) is 24.5 Å². The van der Waals surface area contributed by atoms with Crippen LogP contribution in [0, 0.1) is 11.7 Å². The average Bonchev–Trinajstić information content (AvgIpc) is 3.64. The second kappa shape index (κ2) is 18.9. The molecule has 302 valence electrons. The van der Waals surface area contributed by atoms with Crippen molar-refractivity contribution in [3.63, 3.8) is 0 Å². The molecular weight excluding hydrogens is 751 g/mol. The Bertz CT molecular complexity index is 2150. The molecule has 1 saturated heterocycles. The minimum atomic E-state index is -1.23. The molecule has 6 amide bonds. The Morgan fingerprint density at radius 1 is 0.828 bits per heavy atom. The summed E-state index contributed by atoms with van der Waals surface area (Å²) in [6.45, 7) is 2.22. The zero-order valence-corrected chi connectivity index (χ0v) is 31.8. The molecule has 4 aromatic carbocycles. The van der Waals surface area contributed by atoms with Gasteiger partial charge in [-0.25, -0.2) is 14.0 Å². The SMILES string of the molecule is CNC(=O)O[C@@H](C)C(=O)N[C@H](C(=O)N1Cc2ccccc2[C@H]1C(=O)Nc1cc(C(=O)Nc2ccc(NC(=O)OCc3ccccc3)cc2)ccc1F)C1CCOCC1. The lowest BCUT2D eigenvalue weighted by atomic mass is 9.90. The van der Waals surface area contributed by atoms with Crippen molar-refractivity contribution in [1.82, 2.24) is 15.5 Å². The van der Waals surface area contributed by atoms with E-state index >= 15 is 4.39 Å². The number of nitrogens with one attached hydrogen (secondary N) is 5. The van der Waals surface area contributed by atoms with E-state index in [0.717, 1.165) is 11.6 Å². The van der Waals surface area contributed by atoms with Gasteiger partial charge in [0.2, 0.25) is 5.91 Å². The summed E-state index contributed by atoms with van der Waals surface area (Å²) in [5.41, 5.74) is 2.56. The molecule has 1 fully saturated rings. The number of ether oxygens (including phenoxy) is 3. The molecule has 6 rings (SSSR count). The number of anilines is 3. The highest BCUT2D eigenvalue weighted by Gasteiger charge is 2.44. The zero-order chi connectivity index (χ0) is 41.2. The van der Waals surface area contributed by atoms with Crippen molar-refractivity contribution >= 4 is 52.9 Å². The number of fused-ring (bicyclic) bond motifs is 1. The van der Waals surface area contributed by atoms with Gasteiger partial charge < -0.3 is 40.4 Å². The van der Waals surface area contributed by atoms with E-state index < -0.39 is 59.8 Å². The normalized spacial score (nSPS) is 15.8.